The van der Waals surface area contributed by atoms with E-state index in [2.05, 4.69) is 0 Å². The number of hydrogen-bond donors (Lipinski definition) is 0. The molecule has 28 heavy (non-hydrogen) atoms. The monoisotopic (exact) mass is 382 g/mol. The van der Waals surface area contributed by atoms with Crippen LogP contribution in [0.1, 0.15) is 15.9 Å². The average Bonchev–Trinajstić information content (AvgIpc) is 3.32. The van der Waals surface area contributed by atoms with Gasteiger partial charge in [0.2, 0.25) is 11.5 Å². The molecule has 4 rings (SSSR count). The first-order chi connectivity index (χ1) is 13.6. The van der Waals surface area contributed by atoms with Crippen LogP contribution in [-0.2, 0) is 0 Å². The highest BCUT2D eigenvalue weighted by Gasteiger charge is 2.37. The quantitative estimate of drug-likeness (QED) is 0.615. The summed E-state index contributed by atoms with van der Waals surface area (Å²) in [5, 5.41) is 0.637. The first kappa shape index (κ1) is 17.8. The molecular formula is C21H18O7. The maximum absolute atomic E-state index is 13.1. The fourth-order valence-electron chi connectivity index (χ4n) is 3.27. The zero-order valence-corrected chi connectivity index (χ0v) is 15.8. The van der Waals surface area contributed by atoms with Gasteiger partial charge in [0.25, 0.3) is 0 Å². The van der Waals surface area contributed by atoms with Crippen molar-refractivity contribution in [1.82, 2.24) is 0 Å². The van der Waals surface area contributed by atoms with Crippen LogP contribution in [0.4, 0.5) is 0 Å². The number of furan rings is 1. The molecule has 0 N–H and O–H groups in total. The van der Waals surface area contributed by atoms with E-state index in [-0.39, 0.29) is 17.3 Å². The van der Waals surface area contributed by atoms with E-state index in [1.807, 2.05) is 0 Å². The molecular weight excluding hydrogens is 364 g/mol. The number of hydrogen-bond acceptors (Lipinski definition) is 7. The minimum Gasteiger partial charge on any atom is -0.497 e. The molecule has 3 aromatic rings. The molecule has 1 aliphatic heterocycles. The van der Waals surface area contributed by atoms with Crippen LogP contribution in [0.3, 0.4) is 0 Å². The summed E-state index contributed by atoms with van der Waals surface area (Å²) in [6, 6.07) is 7.01. The van der Waals surface area contributed by atoms with Crippen LogP contribution in [0.25, 0.3) is 17.0 Å². The lowest BCUT2D eigenvalue weighted by molar-refractivity contribution is 0.101. The second-order valence-corrected chi connectivity index (χ2v) is 5.98. The maximum Gasteiger partial charge on any atom is 0.235 e. The average molecular weight is 382 g/mol. The second kappa shape index (κ2) is 6.84. The van der Waals surface area contributed by atoms with E-state index in [4.69, 9.17) is 28.1 Å². The lowest BCUT2D eigenvalue weighted by Gasteiger charge is -2.10. The van der Waals surface area contributed by atoms with Crippen LogP contribution in [0, 0.1) is 0 Å². The molecule has 1 aliphatic rings. The van der Waals surface area contributed by atoms with Crippen molar-refractivity contribution in [2.45, 2.75) is 0 Å². The topological polar surface area (TPSA) is 76.4 Å². The van der Waals surface area contributed by atoms with Gasteiger partial charge in [-0.2, -0.15) is 0 Å². The first-order valence-corrected chi connectivity index (χ1v) is 8.44. The van der Waals surface area contributed by atoms with Gasteiger partial charge in [-0.15, -0.1) is 0 Å². The number of rotatable bonds is 5. The molecule has 2 aromatic carbocycles. The number of ether oxygens (including phenoxy) is 5. The van der Waals surface area contributed by atoms with Gasteiger partial charge >= 0.3 is 0 Å². The molecule has 144 valence electrons. The molecule has 0 unspecified atom stereocenters. The van der Waals surface area contributed by atoms with E-state index in [1.165, 1.54) is 20.5 Å². The predicted octanol–water partition coefficient (Wildman–Crippen LogP) is 4.08. The molecule has 0 spiro atoms. The molecule has 0 radical (unpaired) electrons. The fraction of sp³-hybridized carbons (Fsp3) is 0.190. The van der Waals surface area contributed by atoms with E-state index in [9.17, 15) is 4.79 Å². The summed E-state index contributed by atoms with van der Waals surface area (Å²) < 4.78 is 32.9. The molecule has 0 bridgehead atoms. The Kier molecular flexibility index (Phi) is 4.35. The Morgan fingerprint density at radius 1 is 0.929 bits per heavy atom. The Hall–Kier alpha value is -3.61. The lowest BCUT2D eigenvalue weighted by Crippen LogP contribution is -2.01. The zero-order chi connectivity index (χ0) is 19.8. The third kappa shape index (κ3) is 2.55. The molecule has 0 amide bonds. The molecule has 1 aromatic heterocycles. The molecule has 7 nitrogen and oxygen atoms in total. The standard InChI is InChI=1S/C21H18O7/c1-23-12-6-5-11(14(10-12)24-2)9-15-17(22)16-18(25-3)13-7-8-27-19(13)21(26-4)20(16)28-15/h5-10H,1-4H3/b15-9+. The number of fused-ring (bicyclic) bond motifs is 2. The van der Waals surface area contributed by atoms with Crippen molar-refractivity contribution in [1.29, 1.82) is 0 Å². The van der Waals surface area contributed by atoms with Crippen molar-refractivity contribution in [3.8, 4) is 28.7 Å². The Bertz CT molecular complexity index is 1110. The summed E-state index contributed by atoms with van der Waals surface area (Å²) in [6.07, 6.45) is 3.12. The van der Waals surface area contributed by atoms with Gasteiger partial charge in [0, 0.05) is 11.6 Å². The van der Waals surface area contributed by atoms with Crippen LogP contribution >= 0.6 is 0 Å². The van der Waals surface area contributed by atoms with Gasteiger partial charge in [0.05, 0.1) is 40.1 Å². The Labute approximate surface area is 161 Å². The van der Waals surface area contributed by atoms with E-state index in [1.54, 1.807) is 44.6 Å². The number of ketones is 1. The van der Waals surface area contributed by atoms with Crippen LogP contribution < -0.4 is 23.7 Å². The molecule has 0 fully saturated rings. The minimum absolute atomic E-state index is 0.128. The van der Waals surface area contributed by atoms with Crippen molar-refractivity contribution in [3.05, 3.63) is 47.4 Å². The van der Waals surface area contributed by atoms with E-state index in [0.717, 1.165) is 0 Å². The SMILES string of the molecule is COc1ccc(/C=C2/Oc3c(c(OC)c4ccoc4c3OC)C2=O)c(OC)c1. The number of methoxy groups -OCH3 is 4. The normalized spacial score (nSPS) is 14.1. The number of allylic oxidation sites excluding steroid dienone is 1. The minimum atomic E-state index is -0.314. The largest absolute Gasteiger partial charge is 0.497 e. The highest BCUT2D eigenvalue weighted by molar-refractivity contribution is 6.20. The summed E-state index contributed by atoms with van der Waals surface area (Å²) in [4.78, 5) is 13.1. The third-order valence-corrected chi connectivity index (χ3v) is 4.57. The van der Waals surface area contributed by atoms with Crippen LogP contribution in [0.2, 0.25) is 0 Å². The number of benzene rings is 2. The first-order valence-electron chi connectivity index (χ1n) is 8.44. The lowest BCUT2D eigenvalue weighted by atomic mass is 10.0. The third-order valence-electron chi connectivity index (χ3n) is 4.57. The summed E-state index contributed by atoms with van der Waals surface area (Å²) in [6.45, 7) is 0. The predicted molar refractivity (Wildman–Crippen MR) is 102 cm³/mol. The zero-order valence-electron chi connectivity index (χ0n) is 15.8. The molecule has 0 atom stereocenters. The van der Waals surface area contributed by atoms with E-state index >= 15 is 0 Å². The summed E-state index contributed by atoms with van der Waals surface area (Å²) in [5.41, 5.74) is 1.42. The Morgan fingerprint density at radius 2 is 1.71 bits per heavy atom. The Balaban J connectivity index is 1.87. The maximum atomic E-state index is 13.1. The highest BCUT2D eigenvalue weighted by atomic mass is 16.5. The Morgan fingerprint density at radius 3 is 2.39 bits per heavy atom. The van der Waals surface area contributed by atoms with Crippen LogP contribution in [-0.4, -0.2) is 34.2 Å². The van der Waals surface area contributed by atoms with Crippen LogP contribution in [0.15, 0.2) is 40.7 Å². The molecule has 0 aliphatic carbocycles. The summed E-state index contributed by atoms with van der Waals surface area (Å²) in [5.74, 6) is 2.00. The van der Waals surface area contributed by atoms with Crippen LogP contribution in [0.5, 0.6) is 28.7 Å². The van der Waals surface area contributed by atoms with Gasteiger partial charge in [0.15, 0.2) is 17.1 Å². The van der Waals surface area contributed by atoms with Crippen molar-refractivity contribution in [3.63, 3.8) is 0 Å². The van der Waals surface area contributed by atoms with Gasteiger partial charge in [0.1, 0.15) is 22.8 Å². The summed E-state index contributed by atoms with van der Waals surface area (Å²) in [7, 11) is 6.10. The summed E-state index contributed by atoms with van der Waals surface area (Å²) >= 11 is 0. The van der Waals surface area contributed by atoms with Gasteiger partial charge in [-0.05, 0) is 24.3 Å². The smallest absolute Gasteiger partial charge is 0.235 e. The van der Waals surface area contributed by atoms with Crippen molar-refractivity contribution < 1.29 is 32.9 Å². The van der Waals surface area contributed by atoms with Crippen molar-refractivity contribution in [2.75, 3.05) is 28.4 Å². The van der Waals surface area contributed by atoms with E-state index < -0.39 is 0 Å². The number of carbonyl (C=O) groups is 1. The fourth-order valence-corrected chi connectivity index (χ4v) is 3.27. The van der Waals surface area contributed by atoms with Gasteiger partial charge in [-0.25, -0.2) is 0 Å². The van der Waals surface area contributed by atoms with Crippen molar-refractivity contribution >= 4 is 22.8 Å². The van der Waals surface area contributed by atoms with Gasteiger partial charge in [-0.1, -0.05) is 0 Å². The molecule has 2 heterocycles. The molecule has 0 saturated heterocycles. The van der Waals surface area contributed by atoms with Gasteiger partial charge < -0.3 is 28.1 Å². The number of Topliss-reactive ketones (excluding diaryl/α,β-unsaturated/α-hetero) is 1. The number of carbonyl (C=O) groups excluding carboxylic acids is 1. The van der Waals surface area contributed by atoms with Crippen molar-refractivity contribution in [2.24, 2.45) is 0 Å². The van der Waals surface area contributed by atoms with Gasteiger partial charge in [-0.3, -0.25) is 4.79 Å². The molecule has 7 heteroatoms. The molecule has 0 saturated carbocycles. The highest BCUT2D eigenvalue weighted by Crippen LogP contribution is 2.51. The second-order valence-electron chi connectivity index (χ2n) is 5.98. The van der Waals surface area contributed by atoms with E-state index in [0.29, 0.717) is 45.1 Å².